The number of amides is 1. The fourth-order valence-electron chi connectivity index (χ4n) is 2.53. The van der Waals surface area contributed by atoms with Crippen LogP contribution in [0.3, 0.4) is 0 Å². The molecule has 0 saturated carbocycles. The number of ether oxygens (including phenoxy) is 1. The van der Waals surface area contributed by atoms with Crippen LogP contribution >= 0.6 is 15.9 Å². The second-order valence-corrected chi connectivity index (χ2v) is 8.33. The minimum absolute atomic E-state index is 0.0279. The molecule has 0 fully saturated rings. The molecule has 2 rings (SSSR count). The van der Waals surface area contributed by atoms with Crippen molar-refractivity contribution in [2.45, 2.75) is 46.0 Å². The van der Waals surface area contributed by atoms with E-state index in [1.807, 2.05) is 42.5 Å². The lowest BCUT2D eigenvalue weighted by Gasteiger charge is -2.20. The lowest BCUT2D eigenvalue weighted by Crippen LogP contribution is -2.21. The number of carbonyl (C=O) groups excluding carboxylic acids is 1. The molecule has 2 aromatic carbocycles. The third kappa shape index (κ3) is 5.33. The van der Waals surface area contributed by atoms with E-state index in [4.69, 9.17) is 4.74 Å². The van der Waals surface area contributed by atoms with Crippen molar-refractivity contribution in [2.75, 3.05) is 11.9 Å². The average molecular weight is 404 g/mol. The van der Waals surface area contributed by atoms with E-state index in [1.54, 1.807) is 0 Å². The van der Waals surface area contributed by atoms with Crippen LogP contribution in [0.15, 0.2) is 46.9 Å². The third-order valence-corrected chi connectivity index (χ3v) is 4.63. The van der Waals surface area contributed by atoms with E-state index in [-0.39, 0.29) is 17.9 Å². The molecular weight excluding hydrogens is 378 g/mol. The third-order valence-electron chi connectivity index (χ3n) is 4.01. The number of carbonyl (C=O) groups is 1. The van der Waals surface area contributed by atoms with Crippen LogP contribution in [0.4, 0.5) is 5.69 Å². The summed E-state index contributed by atoms with van der Waals surface area (Å²) in [6, 6.07) is 13.8. The topological polar surface area (TPSA) is 38.3 Å². The van der Waals surface area contributed by atoms with Crippen molar-refractivity contribution in [3.05, 3.63) is 58.1 Å². The molecule has 134 valence electrons. The van der Waals surface area contributed by atoms with E-state index in [0.29, 0.717) is 11.7 Å². The van der Waals surface area contributed by atoms with Gasteiger partial charge in [-0.25, -0.2) is 0 Å². The summed E-state index contributed by atoms with van der Waals surface area (Å²) in [5.74, 6) is 0.844. The molecule has 1 N–H and O–H groups in total. The lowest BCUT2D eigenvalue weighted by molar-refractivity contribution is -0.118. The van der Waals surface area contributed by atoms with Gasteiger partial charge in [-0.15, -0.1) is 0 Å². The van der Waals surface area contributed by atoms with Gasteiger partial charge in [0.15, 0.2) is 6.61 Å². The molecule has 2 aromatic rings. The molecule has 0 unspecified atom stereocenters. The Kier molecular flexibility index (Phi) is 6.28. The smallest absolute Gasteiger partial charge is 0.262 e. The van der Waals surface area contributed by atoms with Crippen LogP contribution in [-0.4, -0.2) is 12.5 Å². The van der Waals surface area contributed by atoms with E-state index in [1.165, 1.54) is 5.56 Å². The fraction of sp³-hybridized carbons (Fsp3) is 0.381. The summed E-state index contributed by atoms with van der Waals surface area (Å²) in [5, 5.41) is 2.94. The SMILES string of the molecule is CC(C)c1ccccc1NC(=O)COc1ccc(C(C)(C)C)cc1Br. The molecule has 0 radical (unpaired) electrons. The van der Waals surface area contributed by atoms with Gasteiger partial charge in [0.2, 0.25) is 0 Å². The Labute approximate surface area is 158 Å². The summed E-state index contributed by atoms with van der Waals surface area (Å²) in [7, 11) is 0. The van der Waals surface area contributed by atoms with Gasteiger partial charge < -0.3 is 10.1 Å². The number of halogens is 1. The van der Waals surface area contributed by atoms with Crippen molar-refractivity contribution < 1.29 is 9.53 Å². The molecule has 3 nitrogen and oxygen atoms in total. The summed E-state index contributed by atoms with van der Waals surface area (Å²) in [4.78, 5) is 12.2. The van der Waals surface area contributed by atoms with Crippen molar-refractivity contribution in [2.24, 2.45) is 0 Å². The number of benzene rings is 2. The maximum Gasteiger partial charge on any atom is 0.262 e. The van der Waals surface area contributed by atoms with Gasteiger partial charge in [-0.2, -0.15) is 0 Å². The molecule has 1 amide bonds. The lowest BCUT2D eigenvalue weighted by atomic mass is 9.87. The quantitative estimate of drug-likeness (QED) is 0.675. The van der Waals surface area contributed by atoms with Gasteiger partial charge in [0.1, 0.15) is 5.75 Å². The van der Waals surface area contributed by atoms with Crippen molar-refractivity contribution in [3.8, 4) is 5.75 Å². The molecule has 0 aliphatic carbocycles. The zero-order chi connectivity index (χ0) is 18.6. The van der Waals surface area contributed by atoms with Gasteiger partial charge in [0.25, 0.3) is 5.91 Å². The zero-order valence-electron chi connectivity index (χ0n) is 15.5. The van der Waals surface area contributed by atoms with Gasteiger partial charge in [-0.3, -0.25) is 4.79 Å². The Bertz CT molecular complexity index is 748. The van der Waals surface area contributed by atoms with E-state index in [9.17, 15) is 4.79 Å². The zero-order valence-corrected chi connectivity index (χ0v) is 17.1. The molecule has 0 spiro atoms. The summed E-state index contributed by atoms with van der Waals surface area (Å²) >= 11 is 3.53. The molecule has 0 atom stereocenters. The van der Waals surface area contributed by atoms with E-state index < -0.39 is 0 Å². The van der Waals surface area contributed by atoms with Crippen LogP contribution in [0.25, 0.3) is 0 Å². The first-order valence-electron chi connectivity index (χ1n) is 8.50. The molecule has 25 heavy (non-hydrogen) atoms. The van der Waals surface area contributed by atoms with Crippen molar-refractivity contribution in [3.63, 3.8) is 0 Å². The van der Waals surface area contributed by atoms with Gasteiger partial charge in [0.05, 0.1) is 4.47 Å². The molecule has 4 heteroatoms. The highest BCUT2D eigenvalue weighted by atomic mass is 79.9. The van der Waals surface area contributed by atoms with Crippen LogP contribution in [0, 0.1) is 0 Å². The maximum atomic E-state index is 12.2. The normalized spacial score (nSPS) is 11.5. The van der Waals surface area contributed by atoms with Gasteiger partial charge in [-0.05, 0) is 56.6 Å². The highest BCUT2D eigenvalue weighted by Crippen LogP contribution is 2.31. The van der Waals surface area contributed by atoms with Gasteiger partial charge in [0, 0.05) is 5.69 Å². The van der Waals surface area contributed by atoms with Crippen LogP contribution < -0.4 is 10.1 Å². The summed E-state index contributed by atoms with van der Waals surface area (Å²) in [6.07, 6.45) is 0. The van der Waals surface area contributed by atoms with E-state index in [2.05, 4.69) is 55.9 Å². The van der Waals surface area contributed by atoms with Crippen molar-refractivity contribution in [1.29, 1.82) is 0 Å². The molecule has 0 saturated heterocycles. The Balaban J connectivity index is 2.01. The highest BCUT2D eigenvalue weighted by Gasteiger charge is 2.16. The minimum atomic E-state index is -0.167. The first kappa shape index (κ1) is 19.5. The van der Waals surface area contributed by atoms with Crippen molar-refractivity contribution in [1.82, 2.24) is 0 Å². The molecule has 0 bridgehead atoms. The largest absolute Gasteiger partial charge is 0.483 e. The number of hydrogen-bond donors (Lipinski definition) is 1. The standard InChI is InChI=1S/C21H26BrNO2/c1-14(2)16-8-6-7-9-18(16)23-20(24)13-25-19-11-10-15(12-17(19)22)21(3,4)5/h6-12,14H,13H2,1-5H3,(H,23,24). The summed E-state index contributed by atoms with van der Waals surface area (Å²) in [6.45, 7) is 10.7. The van der Waals surface area contributed by atoms with Gasteiger partial charge >= 0.3 is 0 Å². The van der Waals surface area contributed by atoms with Crippen LogP contribution in [-0.2, 0) is 10.2 Å². The van der Waals surface area contributed by atoms with Crippen LogP contribution in [0.5, 0.6) is 5.75 Å². The van der Waals surface area contributed by atoms with Crippen molar-refractivity contribution >= 4 is 27.5 Å². The van der Waals surface area contributed by atoms with Crippen LogP contribution in [0.2, 0.25) is 0 Å². The van der Waals surface area contributed by atoms with E-state index in [0.717, 1.165) is 15.7 Å². The Morgan fingerprint density at radius 3 is 2.44 bits per heavy atom. The monoisotopic (exact) mass is 403 g/mol. The maximum absolute atomic E-state index is 12.2. The minimum Gasteiger partial charge on any atom is -0.483 e. The summed E-state index contributed by atoms with van der Waals surface area (Å²) < 4.78 is 6.54. The van der Waals surface area contributed by atoms with Crippen LogP contribution in [0.1, 0.15) is 51.7 Å². The molecule has 0 aromatic heterocycles. The Morgan fingerprint density at radius 2 is 1.84 bits per heavy atom. The number of anilines is 1. The number of para-hydroxylation sites is 1. The second kappa shape index (κ2) is 8.05. The van der Waals surface area contributed by atoms with E-state index >= 15 is 0 Å². The Morgan fingerprint density at radius 1 is 1.16 bits per heavy atom. The number of hydrogen-bond acceptors (Lipinski definition) is 2. The summed E-state index contributed by atoms with van der Waals surface area (Å²) in [5.41, 5.74) is 3.24. The first-order valence-corrected chi connectivity index (χ1v) is 9.29. The predicted octanol–water partition coefficient (Wildman–Crippen LogP) is 5.89. The molecule has 0 aliphatic rings. The molecule has 0 heterocycles. The number of rotatable bonds is 5. The fourth-order valence-corrected chi connectivity index (χ4v) is 3.02. The molecule has 0 aliphatic heterocycles. The second-order valence-electron chi connectivity index (χ2n) is 7.47. The molecular formula is C21H26BrNO2. The number of nitrogens with one attached hydrogen (secondary N) is 1. The Hall–Kier alpha value is -1.81. The predicted molar refractivity (Wildman–Crippen MR) is 107 cm³/mol. The van der Waals surface area contributed by atoms with Gasteiger partial charge in [-0.1, -0.05) is 58.9 Å². The highest BCUT2D eigenvalue weighted by molar-refractivity contribution is 9.10. The average Bonchev–Trinajstić information content (AvgIpc) is 2.53. The first-order chi connectivity index (χ1) is 11.7.